The largest absolute Gasteiger partial charge is 0.466 e. The predicted octanol–water partition coefficient (Wildman–Crippen LogP) is 1.83. The van der Waals surface area contributed by atoms with Crippen LogP contribution >= 0.6 is 11.8 Å². The number of hydrogen-bond acceptors (Lipinski definition) is 4. The van der Waals surface area contributed by atoms with Crippen molar-refractivity contribution in [2.45, 2.75) is 45.0 Å². The van der Waals surface area contributed by atoms with Crippen LogP contribution in [0.25, 0.3) is 0 Å². The van der Waals surface area contributed by atoms with Crippen LogP contribution < -0.4 is 0 Å². The van der Waals surface area contributed by atoms with Crippen molar-refractivity contribution in [2.75, 3.05) is 12.4 Å². The number of aliphatic hydroxyl groups excluding tert-OH is 1. The van der Waals surface area contributed by atoms with E-state index in [2.05, 4.69) is 0 Å². The summed E-state index contributed by atoms with van der Waals surface area (Å²) in [5.41, 5.74) is -0.794. The molecule has 0 bridgehead atoms. The average Bonchev–Trinajstić information content (AvgIpc) is 2.69. The minimum atomic E-state index is -0.794. The second kappa shape index (κ2) is 5.21. The maximum Gasteiger partial charge on any atom is 0.314 e. The molecule has 1 fully saturated rings. The Balaban J connectivity index is 2.62. The van der Waals surface area contributed by atoms with E-state index in [1.807, 2.05) is 0 Å². The van der Waals surface area contributed by atoms with Gasteiger partial charge in [-0.25, -0.2) is 0 Å². The summed E-state index contributed by atoms with van der Waals surface area (Å²) in [5.74, 6) is 0.783. The molecule has 0 radical (unpaired) electrons. The fraction of sp³-hybridized carbons (Fsp3) is 0.909. The Kier molecular flexibility index (Phi) is 4.46. The van der Waals surface area contributed by atoms with Gasteiger partial charge in [-0.1, -0.05) is 0 Å². The van der Waals surface area contributed by atoms with Crippen LogP contribution in [-0.4, -0.2) is 34.8 Å². The van der Waals surface area contributed by atoms with Crippen LogP contribution in [0.4, 0.5) is 0 Å². The van der Waals surface area contributed by atoms with Gasteiger partial charge < -0.3 is 9.84 Å². The molecule has 1 heterocycles. The minimum Gasteiger partial charge on any atom is -0.466 e. The lowest BCUT2D eigenvalue weighted by molar-refractivity contribution is -0.159. The Morgan fingerprint density at radius 1 is 1.67 bits per heavy atom. The molecular weight excluding hydrogens is 212 g/mol. The summed E-state index contributed by atoms with van der Waals surface area (Å²) in [4.78, 5) is 11.7. The number of rotatable bonds is 4. The first-order chi connectivity index (χ1) is 7.00. The number of hydrogen-bond donors (Lipinski definition) is 1. The van der Waals surface area contributed by atoms with Crippen molar-refractivity contribution in [2.24, 2.45) is 5.41 Å². The third kappa shape index (κ3) is 2.88. The zero-order valence-corrected chi connectivity index (χ0v) is 10.5. The summed E-state index contributed by atoms with van der Waals surface area (Å²) in [5, 5.41) is 10.3. The van der Waals surface area contributed by atoms with Gasteiger partial charge in [0.25, 0.3) is 0 Å². The van der Waals surface area contributed by atoms with Gasteiger partial charge >= 0.3 is 5.97 Å². The molecule has 1 aliphatic heterocycles. The highest BCUT2D eigenvalue weighted by Gasteiger charge is 2.42. The Hall–Kier alpha value is -0.220. The molecule has 3 nitrogen and oxygen atoms in total. The van der Waals surface area contributed by atoms with Gasteiger partial charge in [0.1, 0.15) is 0 Å². The first kappa shape index (κ1) is 12.8. The molecule has 1 rings (SSSR count). The highest BCUT2D eigenvalue weighted by atomic mass is 32.2. The molecule has 0 aromatic carbocycles. The van der Waals surface area contributed by atoms with E-state index in [9.17, 15) is 9.90 Å². The van der Waals surface area contributed by atoms with Gasteiger partial charge in [-0.2, -0.15) is 11.8 Å². The van der Waals surface area contributed by atoms with Crippen LogP contribution in [0, 0.1) is 5.41 Å². The van der Waals surface area contributed by atoms with E-state index in [1.165, 1.54) is 0 Å². The van der Waals surface area contributed by atoms with E-state index in [0.717, 1.165) is 18.6 Å². The van der Waals surface area contributed by atoms with Gasteiger partial charge in [-0.3, -0.25) is 4.79 Å². The maximum atomic E-state index is 11.7. The molecule has 0 spiro atoms. The predicted molar refractivity (Wildman–Crippen MR) is 61.9 cm³/mol. The lowest BCUT2D eigenvalue weighted by Crippen LogP contribution is -2.43. The molecular formula is C11H20O3S. The number of ether oxygens (including phenoxy) is 1. The maximum absolute atomic E-state index is 11.7. The number of esters is 1. The number of thioether (sulfide) groups is 1. The zero-order chi connectivity index (χ0) is 11.5. The van der Waals surface area contributed by atoms with Crippen molar-refractivity contribution in [3.8, 4) is 0 Å². The third-order valence-electron chi connectivity index (χ3n) is 2.86. The van der Waals surface area contributed by atoms with Gasteiger partial charge in [0.05, 0.1) is 18.1 Å². The lowest BCUT2D eigenvalue weighted by Gasteiger charge is -2.31. The summed E-state index contributed by atoms with van der Waals surface area (Å²) in [7, 11) is 0. The SMILES string of the molecule is CCOC(=O)C(C)(C)C(O)C1CCCS1. The number of carbonyl (C=O) groups excluding carboxylic acids is 1. The Morgan fingerprint density at radius 2 is 2.33 bits per heavy atom. The monoisotopic (exact) mass is 232 g/mol. The Labute approximate surface area is 95.6 Å². The summed E-state index contributed by atoms with van der Waals surface area (Å²) >= 11 is 1.76. The average molecular weight is 232 g/mol. The van der Waals surface area contributed by atoms with Crippen LogP contribution in [0.1, 0.15) is 33.6 Å². The zero-order valence-electron chi connectivity index (χ0n) is 9.66. The topological polar surface area (TPSA) is 46.5 Å². The lowest BCUT2D eigenvalue weighted by atomic mass is 9.84. The van der Waals surface area contributed by atoms with Crippen LogP contribution in [-0.2, 0) is 9.53 Å². The van der Waals surface area contributed by atoms with Crippen LogP contribution in [0.3, 0.4) is 0 Å². The Bertz CT molecular complexity index is 222. The molecule has 0 saturated carbocycles. The fourth-order valence-electron chi connectivity index (χ4n) is 1.75. The summed E-state index contributed by atoms with van der Waals surface area (Å²) in [6, 6.07) is 0. The highest BCUT2D eigenvalue weighted by molar-refractivity contribution is 8.00. The first-order valence-electron chi connectivity index (χ1n) is 5.47. The summed E-state index contributed by atoms with van der Waals surface area (Å²) in [6.07, 6.45) is 1.52. The van der Waals surface area contributed by atoms with E-state index < -0.39 is 11.5 Å². The molecule has 0 amide bonds. The smallest absolute Gasteiger partial charge is 0.314 e. The molecule has 1 N–H and O–H groups in total. The van der Waals surface area contributed by atoms with Crippen molar-refractivity contribution >= 4 is 17.7 Å². The molecule has 4 heteroatoms. The Morgan fingerprint density at radius 3 is 2.80 bits per heavy atom. The van der Waals surface area contributed by atoms with Gasteiger partial charge in [-0.15, -0.1) is 0 Å². The molecule has 1 saturated heterocycles. The summed E-state index contributed by atoms with van der Waals surface area (Å²) in [6.45, 7) is 5.67. The van der Waals surface area contributed by atoms with Gasteiger partial charge in [0, 0.05) is 5.25 Å². The molecule has 1 aliphatic rings. The van der Waals surface area contributed by atoms with Gasteiger partial charge in [-0.05, 0) is 39.4 Å². The molecule has 15 heavy (non-hydrogen) atoms. The van der Waals surface area contributed by atoms with Crippen LogP contribution in [0.2, 0.25) is 0 Å². The quantitative estimate of drug-likeness (QED) is 0.751. The molecule has 0 aliphatic carbocycles. The second-order valence-electron chi connectivity index (χ2n) is 4.44. The molecule has 2 unspecified atom stereocenters. The minimum absolute atomic E-state index is 0.185. The first-order valence-corrected chi connectivity index (χ1v) is 6.52. The van der Waals surface area contributed by atoms with E-state index >= 15 is 0 Å². The van der Waals surface area contributed by atoms with Crippen LogP contribution in [0.15, 0.2) is 0 Å². The van der Waals surface area contributed by atoms with E-state index in [-0.39, 0.29) is 11.2 Å². The van der Waals surface area contributed by atoms with Crippen molar-refractivity contribution in [3.63, 3.8) is 0 Å². The second-order valence-corrected chi connectivity index (χ2v) is 5.79. The van der Waals surface area contributed by atoms with E-state index in [4.69, 9.17) is 4.74 Å². The van der Waals surface area contributed by atoms with E-state index in [1.54, 1.807) is 32.5 Å². The highest BCUT2D eigenvalue weighted by Crippen LogP contribution is 2.36. The standard InChI is InChI=1S/C11H20O3S/c1-4-14-10(13)11(2,3)9(12)8-6-5-7-15-8/h8-9,12H,4-7H2,1-3H3. The van der Waals surface area contributed by atoms with E-state index in [0.29, 0.717) is 6.61 Å². The number of carbonyl (C=O) groups is 1. The molecule has 0 aromatic rings. The van der Waals surface area contributed by atoms with Gasteiger partial charge in [0.15, 0.2) is 0 Å². The van der Waals surface area contributed by atoms with Crippen LogP contribution in [0.5, 0.6) is 0 Å². The third-order valence-corrected chi connectivity index (χ3v) is 4.30. The molecule has 88 valence electrons. The van der Waals surface area contributed by atoms with Crippen molar-refractivity contribution in [1.29, 1.82) is 0 Å². The molecule has 0 aromatic heterocycles. The van der Waals surface area contributed by atoms with Crippen molar-refractivity contribution in [1.82, 2.24) is 0 Å². The fourth-order valence-corrected chi connectivity index (χ4v) is 3.25. The normalized spacial score (nSPS) is 23.9. The van der Waals surface area contributed by atoms with Crippen molar-refractivity contribution < 1.29 is 14.6 Å². The van der Waals surface area contributed by atoms with Crippen molar-refractivity contribution in [3.05, 3.63) is 0 Å². The number of aliphatic hydroxyl groups is 1. The van der Waals surface area contributed by atoms with Gasteiger partial charge in [0.2, 0.25) is 0 Å². The summed E-state index contributed by atoms with van der Waals surface area (Å²) < 4.78 is 4.98. The molecule has 2 atom stereocenters.